The van der Waals surface area contributed by atoms with Crippen LogP contribution in [0, 0.1) is 5.92 Å². The van der Waals surface area contributed by atoms with Crippen molar-refractivity contribution in [3.05, 3.63) is 46.2 Å². The van der Waals surface area contributed by atoms with E-state index in [9.17, 15) is 4.79 Å². The van der Waals surface area contributed by atoms with Crippen LogP contribution in [0.25, 0.3) is 10.9 Å². The largest absolute Gasteiger partial charge is 0.322 e. The highest BCUT2D eigenvalue weighted by atomic mass is 16.1. The number of aromatic amines is 1. The maximum absolute atomic E-state index is 11.6. The third-order valence-corrected chi connectivity index (χ3v) is 3.18. The van der Waals surface area contributed by atoms with Gasteiger partial charge < -0.3 is 15.6 Å². The molecular formula is C16H23N3O. The molecule has 0 fully saturated rings. The van der Waals surface area contributed by atoms with E-state index >= 15 is 0 Å². The van der Waals surface area contributed by atoms with Gasteiger partial charge in [0.25, 0.3) is 0 Å². The summed E-state index contributed by atoms with van der Waals surface area (Å²) in [4.78, 5) is 14.5. The average Bonchev–Trinajstić information content (AvgIpc) is 2.42. The molecule has 1 aromatic carbocycles. The summed E-state index contributed by atoms with van der Waals surface area (Å²) in [5.74, 6) is 0.673. The Hall–Kier alpha value is -1.65. The molecule has 2 rings (SSSR count). The highest BCUT2D eigenvalue weighted by Crippen LogP contribution is 2.13. The van der Waals surface area contributed by atoms with Crippen molar-refractivity contribution < 1.29 is 0 Å². The summed E-state index contributed by atoms with van der Waals surface area (Å²) < 4.78 is 0. The number of pyridine rings is 1. The molecular weight excluding hydrogens is 250 g/mol. The zero-order chi connectivity index (χ0) is 14.4. The van der Waals surface area contributed by atoms with Crippen LogP contribution in [0.5, 0.6) is 0 Å². The van der Waals surface area contributed by atoms with E-state index in [0.29, 0.717) is 12.5 Å². The molecule has 0 aliphatic rings. The molecule has 0 radical (unpaired) electrons. The van der Waals surface area contributed by atoms with Gasteiger partial charge in [-0.2, -0.15) is 0 Å². The molecule has 20 heavy (non-hydrogen) atoms. The van der Waals surface area contributed by atoms with Crippen LogP contribution in [0.3, 0.4) is 0 Å². The normalized spacial score (nSPS) is 11.3. The fourth-order valence-electron chi connectivity index (χ4n) is 2.21. The molecule has 0 aliphatic carbocycles. The van der Waals surface area contributed by atoms with Gasteiger partial charge >= 0.3 is 0 Å². The first kappa shape index (κ1) is 14.8. The van der Waals surface area contributed by atoms with Crippen LogP contribution >= 0.6 is 0 Å². The fourth-order valence-corrected chi connectivity index (χ4v) is 2.21. The van der Waals surface area contributed by atoms with Crippen molar-refractivity contribution in [3.8, 4) is 0 Å². The number of nitrogens with one attached hydrogen (secondary N) is 3. The molecule has 4 heteroatoms. The van der Waals surface area contributed by atoms with Crippen molar-refractivity contribution >= 4 is 10.9 Å². The first-order chi connectivity index (χ1) is 9.66. The monoisotopic (exact) mass is 273 g/mol. The quantitative estimate of drug-likeness (QED) is 0.675. The van der Waals surface area contributed by atoms with Gasteiger partial charge in [0.1, 0.15) is 0 Å². The molecule has 0 saturated carbocycles. The number of hydrogen-bond acceptors (Lipinski definition) is 3. The minimum Gasteiger partial charge on any atom is -0.322 e. The van der Waals surface area contributed by atoms with Gasteiger partial charge in [0, 0.05) is 36.6 Å². The first-order valence-corrected chi connectivity index (χ1v) is 7.19. The van der Waals surface area contributed by atoms with Crippen LogP contribution in [0.15, 0.2) is 35.1 Å². The third kappa shape index (κ3) is 4.18. The van der Waals surface area contributed by atoms with Crippen molar-refractivity contribution in [2.75, 3.05) is 19.6 Å². The zero-order valence-corrected chi connectivity index (χ0v) is 12.2. The van der Waals surface area contributed by atoms with Gasteiger partial charge in [-0.25, -0.2) is 0 Å². The van der Waals surface area contributed by atoms with Crippen molar-refractivity contribution in [1.29, 1.82) is 0 Å². The van der Waals surface area contributed by atoms with Gasteiger partial charge in [-0.15, -0.1) is 0 Å². The molecule has 0 atom stereocenters. The SMILES string of the molecule is CC(C)CNCCNCc1cc(=O)[nH]c2ccccc12. The predicted octanol–water partition coefficient (Wildman–Crippen LogP) is 1.86. The summed E-state index contributed by atoms with van der Waals surface area (Å²) in [6, 6.07) is 9.58. The molecule has 2 aromatic rings. The van der Waals surface area contributed by atoms with Gasteiger partial charge in [0.05, 0.1) is 0 Å². The lowest BCUT2D eigenvalue weighted by Crippen LogP contribution is -2.29. The topological polar surface area (TPSA) is 56.9 Å². The Morgan fingerprint density at radius 1 is 1.15 bits per heavy atom. The number of para-hydroxylation sites is 1. The number of fused-ring (bicyclic) bond motifs is 1. The number of rotatable bonds is 7. The lowest BCUT2D eigenvalue weighted by atomic mass is 10.1. The highest BCUT2D eigenvalue weighted by molar-refractivity contribution is 5.81. The minimum atomic E-state index is -0.0431. The van der Waals surface area contributed by atoms with Gasteiger partial charge in [-0.1, -0.05) is 32.0 Å². The standard InChI is InChI=1S/C16H23N3O/c1-12(2)10-17-7-8-18-11-13-9-16(20)19-15-6-4-3-5-14(13)15/h3-6,9,12,17-18H,7-8,10-11H2,1-2H3,(H,19,20). The van der Waals surface area contributed by atoms with Crippen LogP contribution in [0.2, 0.25) is 0 Å². The number of hydrogen-bond donors (Lipinski definition) is 3. The Bertz CT molecular complexity index is 604. The lowest BCUT2D eigenvalue weighted by molar-refractivity contribution is 0.535. The van der Waals surface area contributed by atoms with Crippen LogP contribution in [-0.2, 0) is 6.54 Å². The van der Waals surface area contributed by atoms with Gasteiger partial charge in [0.15, 0.2) is 0 Å². The predicted molar refractivity (Wildman–Crippen MR) is 84.0 cm³/mol. The van der Waals surface area contributed by atoms with E-state index in [1.165, 1.54) is 0 Å². The van der Waals surface area contributed by atoms with Crippen molar-refractivity contribution in [2.45, 2.75) is 20.4 Å². The maximum Gasteiger partial charge on any atom is 0.248 e. The Kier molecular flexibility index (Phi) is 5.32. The smallest absolute Gasteiger partial charge is 0.248 e. The molecule has 1 aromatic heterocycles. The maximum atomic E-state index is 11.6. The summed E-state index contributed by atoms with van der Waals surface area (Å²) in [6.45, 7) is 7.99. The second-order valence-corrected chi connectivity index (χ2v) is 5.48. The molecule has 0 spiro atoms. The summed E-state index contributed by atoms with van der Waals surface area (Å²) in [6.07, 6.45) is 0. The Labute approximate surface area is 119 Å². The zero-order valence-electron chi connectivity index (χ0n) is 12.2. The lowest BCUT2D eigenvalue weighted by Gasteiger charge is -2.10. The highest BCUT2D eigenvalue weighted by Gasteiger charge is 2.02. The molecule has 3 N–H and O–H groups in total. The molecule has 4 nitrogen and oxygen atoms in total. The van der Waals surface area contributed by atoms with E-state index in [2.05, 4.69) is 29.5 Å². The molecule has 0 unspecified atom stereocenters. The number of aromatic nitrogens is 1. The van der Waals surface area contributed by atoms with Crippen LogP contribution in [-0.4, -0.2) is 24.6 Å². The van der Waals surface area contributed by atoms with E-state index in [0.717, 1.165) is 36.1 Å². The Balaban J connectivity index is 1.91. The average molecular weight is 273 g/mol. The Morgan fingerprint density at radius 2 is 1.90 bits per heavy atom. The van der Waals surface area contributed by atoms with Crippen LogP contribution in [0.1, 0.15) is 19.4 Å². The van der Waals surface area contributed by atoms with E-state index in [1.807, 2.05) is 24.3 Å². The summed E-state index contributed by atoms with van der Waals surface area (Å²) in [7, 11) is 0. The van der Waals surface area contributed by atoms with Crippen LogP contribution in [0.4, 0.5) is 0 Å². The number of H-pyrrole nitrogens is 1. The summed E-state index contributed by atoms with van der Waals surface area (Å²) >= 11 is 0. The first-order valence-electron chi connectivity index (χ1n) is 7.19. The Morgan fingerprint density at radius 3 is 2.70 bits per heavy atom. The molecule has 0 bridgehead atoms. The fraction of sp³-hybridized carbons (Fsp3) is 0.438. The third-order valence-electron chi connectivity index (χ3n) is 3.18. The van der Waals surface area contributed by atoms with E-state index in [4.69, 9.17) is 0 Å². The van der Waals surface area contributed by atoms with Gasteiger partial charge in [-0.3, -0.25) is 4.79 Å². The molecule has 0 saturated heterocycles. The summed E-state index contributed by atoms with van der Waals surface area (Å²) in [5.41, 5.74) is 1.90. The summed E-state index contributed by atoms with van der Waals surface area (Å²) in [5, 5.41) is 7.87. The van der Waals surface area contributed by atoms with Crippen molar-refractivity contribution in [2.24, 2.45) is 5.92 Å². The molecule has 0 aliphatic heterocycles. The van der Waals surface area contributed by atoms with Crippen molar-refractivity contribution in [3.63, 3.8) is 0 Å². The second-order valence-electron chi connectivity index (χ2n) is 5.48. The molecule has 108 valence electrons. The molecule has 1 heterocycles. The second kappa shape index (κ2) is 7.22. The van der Waals surface area contributed by atoms with E-state index in [1.54, 1.807) is 6.07 Å². The van der Waals surface area contributed by atoms with E-state index in [-0.39, 0.29) is 5.56 Å². The van der Waals surface area contributed by atoms with E-state index < -0.39 is 0 Å². The molecule has 0 amide bonds. The van der Waals surface area contributed by atoms with Gasteiger partial charge in [0.2, 0.25) is 5.56 Å². The van der Waals surface area contributed by atoms with Gasteiger partial charge in [-0.05, 0) is 24.1 Å². The van der Waals surface area contributed by atoms with Crippen LogP contribution < -0.4 is 16.2 Å². The number of benzene rings is 1. The van der Waals surface area contributed by atoms with Crippen molar-refractivity contribution in [1.82, 2.24) is 15.6 Å². The minimum absolute atomic E-state index is 0.0431.